The fourth-order valence-electron chi connectivity index (χ4n) is 2.43. The van der Waals surface area contributed by atoms with Crippen molar-refractivity contribution in [2.45, 2.75) is 36.8 Å². The minimum atomic E-state index is -0.699. The lowest BCUT2D eigenvalue weighted by Crippen LogP contribution is -2.74. The Balaban J connectivity index is 2.24. The highest BCUT2D eigenvalue weighted by Crippen LogP contribution is 2.31. The van der Waals surface area contributed by atoms with Gasteiger partial charge in [-0.1, -0.05) is 0 Å². The van der Waals surface area contributed by atoms with Crippen LogP contribution in [0.25, 0.3) is 0 Å². The van der Waals surface area contributed by atoms with Gasteiger partial charge in [0.1, 0.15) is 18.2 Å². The van der Waals surface area contributed by atoms with Gasteiger partial charge in [-0.3, -0.25) is 0 Å². The van der Waals surface area contributed by atoms with E-state index in [0.29, 0.717) is 6.42 Å². The summed E-state index contributed by atoms with van der Waals surface area (Å²) in [4.78, 5) is 12.9. The van der Waals surface area contributed by atoms with Gasteiger partial charge in [0, 0.05) is 20.6 Å². The molecule has 5 atom stereocenters. The van der Waals surface area contributed by atoms with Gasteiger partial charge in [-0.05, 0) is 0 Å². The first-order valence-corrected chi connectivity index (χ1v) is 5.03. The number of hydrogen-bond donors (Lipinski definition) is 2. The van der Waals surface area contributed by atoms with Crippen LogP contribution in [0.5, 0.6) is 0 Å². The maximum atomic E-state index is 11.4. The van der Waals surface area contributed by atoms with Crippen molar-refractivity contribution < 1.29 is 25.1 Å². The Morgan fingerprint density at radius 3 is 2.93 bits per heavy atom. The van der Waals surface area contributed by atoms with Crippen LogP contribution in [0.2, 0.25) is 0 Å². The van der Waals surface area contributed by atoms with E-state index in [1.807, 2.05) is 0 Å². The zero-order valence-corrected chi connectivity index (χ0v) is 8.92. The average molecular weight is 217 g/mol. The van der Waals surface area contributed by atoms with Crippen LogP contribution in [-0.2, 0) is 9.47 Å². The summed E-state index contributed by atoms with van der Waals surface area (Å²) in [5.41, 5.74) is 3.85. The van der Waals surface area contributed by atoms with E-state index >= 15 is 0 Å². The van der Waals surface area contributed by atoms with Crippen LogP contribution >= 0.6 is 0 Å². The molecule has 6 nitrogen and oxygen atoms in total. The highest BCUT2D eigenvalue weighted by molar-refractivity contribution is 5.70. The topological polar surface area (TPSA) is 86.6 Å². The molecule has 1 amide bonds. The van der Waals surface area contributed by atoms with Crippen LogP contribution in [-0.4, -0.2) is 60.7 Å². The van der Waals surface area contributed by atoms with E-state index in [1.54, 1.807) is 14.2 Å². The third-order valence-corrected chi connectivity index (χ3v) is 3.35. The van der Waals surface area contributed by atoms with Crippen molar-refractivity contribution in [1.29, 1.82) is 0 Å². The number of nitrogens with zero attached hydrogens (tertiary/aromatic N) is 1. The molecule has 0 aromatic carbocycles. The van der Waals surface area contributed by atoms with Crippen LogP contribution in [0.1, 0.15) is 6.42 Å². The summed E-state index contributed by atoms with van der Waals surface area (Å²) in [7, 11) is 3.26. The van der Waals surface area contributed by atoms with E-state index < -0.39 is 18.3 Å². The summed E-state index contributed by atoms with van der Waals surface area (Å²) in [5, 5.41) is 9.87. The highest BCUT2D eigenvalue weighted by atomic mass is 16.6. The number of quaternary nitrogens is 1. The predicted molar refractivity (Wildman–Crippen MR) is 49.9 cm³/mol. The fraction of sp³-hybridized carbons (Fsp3) is 0.889. The Hall–Kier alpha value is -0.850. The summed E-state index contributed by atoms with van der Waals surface area (Å²) < 4.78 is 10.4. The Bertz CT molecular complexity index is 273. The van der Waals surface area contributed by atoms with Gasteiger partial charge in [-0.2, -0.15) is 0 Å². The minimum Gasteiger partial charge on any atom is -0.441 e. The van der Waals surface area contributed by atoms with Gasteiger partial charge in [-0.25, -0.2) is 4.79 Å². The number of amides is 1. The van der Waals surface area contributed by atoms with E-state index in [4.69, 9.17) is 9.47 Å². The van der Waals surface area contributed by atoms with Crippen molar-refractivity contribution in [1.82, 2.24) is 4.90 Å². The molecule has 0 unspecified atom stereocenters. The molecule has 1 saturated carbocycles. The van der Waals surface area contributed by atoms with Gasteiger partial charge in [0.05, 0.1) is 6.10 Å². The molecule has 86 valence electrons. The molecule has 15 heavy (non-hydrogen) atoms. The molecule has 0 radical (unpaired) electrons. The monoisotopic (exact) mass is 217 g/mol. The quantitative estimate of drug-likeness (QED) is 0.542. The molecule has 4 N–H and O–H groups in total. The lowest BCUT2D eigenvalue weighted by Gasteiger charge is -2.37. The number of likely N-dealkylation sites (N-methyl/N-ethyl adjacent to an activating group) is 1. The number of carbonyl (C=O) groups excluding carboxylic acids is 1. The SMILES string of the molecule is CO[C@H]1C[C@H]([NH3+])[C@@H](O)[C@@H]2OC(=O)N(C)[C@@H]21. The molecule has 2 rings (SSSR count). The predicted octanol–water partition coefficient (Wildman–Crippen LogP) is -1.80. The van der Waals surface area contributed by atoms with Crippen LogP contribution in [0.4, 0.5) is 4.79 Å². The summed E-state index contributed by atoms with van der Waals surface area (Å²) in [5.74, 6) is 0. The van der Waals surface area contributed by atoms with Gasteiger partial charge in [-0.15, -0.1) is 0 Å². The third kappa shape index (κ3) is 1.49. The van der Waals surface area contributed by atoms with Crippen molar-refractivity contribution in [3.63, 3.8) is 0 Å². The fourth-order valence-corrected chi connectivity index (χ4v) is 2.43. The number of hydrogen-bond acceptors (Lipinski definition) is 4. The molecule has 0 bridgehead atoms. The van der Waals surface area contributed by atoms with Gasteiger partial charge in [0.15, 0.2) is 6.10 Å². The van der Waals surface area contributed by atoms with E-state index in [0.717, 1.165) is 0 Å². The second-order valence-electron chi connectivity index (χ2n) is 4.21. The molecule has 1 saturated heterocycles. The summed E-state index contributed by atoms with van der Waals surface area (Å²) in [6.45, 7) is 0. The minimum absolute atomic E-state index is 0.114. The van der Waals surface area contributed by atoms with E-state index in [1.165, 1.54) is 4.90 Å². The zero-order chi connectivity index (χ0) is 11.2. The van der Waals surface area contributed by atoms with E-state index in [9.17, 15) is 9.90 Å². The smallest absolute Gasteiger partial charge is 0.410 e. The Labute approximate surface area is 87.9 Å². The largest absolute Gasteiger partial charge is 0.441 e. The molecular formula is C9H17N2O4+. The molecule has 1 aliphatic heterocycles. The lowest BCUT2D eigenvalue weighted by atomic mass is 9.84. The van der Waals surface area contributed by atoms with Gasteiger partial charge in [0.2, 0.25) is 0 Å². The molecule has 0 spiro atoms. The normalized spacial score (nSPS) is 45.2. The lowest BCUT2D eigenvalue weighted by molar-refractivity contribution is -0.452. The van der Waals surface area contributed by atoms with Crippen molar-refractivity contribution in [2.75, 3.05) is 14.2 Å². The van der Waals surface area contributed by atoms with Gasteiger partial charge >= 0.3 is 6.09 Å². The molecule has 1 aliphatic carbocycles. The number of aliphatic hydroxyl groups is 1. The number of aliphatic hydroxyl groups excluding tert-OH is 1. The number of ether oxygens (including phenoxy) is 2. The molecule has 6 heteroatoms. The summed E-state index contributed by atoms with van der Waals surface area (Å²) >= 11 is 0. The van der Waals surface area contributed by atoms with E-state index in [2.05, 4.69) is 5.73 Å². The molecular weight excluding hydrogens is 200 g/mol. The highest BCUT2D eigenvalue weighted by Gasteiger charge is 2.54. The van der Waals surface area contributed by atoms with Crippen molar-refractivity contribution in [3.8, 4) is 0 Å². The number of fused-ring (bicyclic) bond motifs is 1. The van der Waals surface area contributed by atoms with Crippen LogP contribution in [0.3, 0.4) is 0 Å². The first-order valence-electron chi connectivity index (χ1n) is 5.03. The van der Waals surface area contributed by atoms with Gasteiger partial charge in [0.25, 0.3) is 0 Å². The standard InChI is InChI=1S/C9H16N2O4/c1-11-6-5(14-2)3-4(10)7(12)8(6)15-9(11)13/h4-8,12H,3,10H2,1-2H3/p+1/t4-,5-,6+,7+,8+/m0/s1. The maximum absolute atomic E-state index is 11.4. The number of rotatable bonds is 1. The van der Waals surface area contributed by atoms with Crippen molar-refractivity contribution in [2.24, 2.45) is 0 Å². The first-order chi connectivity index (χ1) is 7.06. The van der Waals surface area contributed by atoms with Gasteiger partial charge < -0.3 is 25.2 Å². The third-order valence-electron chi connectivity index (χ3n) is 3.35. The average Bonchev–Trinajstić information content (AvgIpc) is 2.50. The second kappa shape index (κ2) is 3.62. The maximum Gasteiger partial charge on any atom is 0.410 e. The second-order valence-corrected chi connectivity index (χ2v) is 4.21. The van der Waals surface area contributed by atoms with Crippen LogP contribution in [0, 0.1) is 0 Å². The molecule has 0 aromatic rings. The first kappa shape index (κ1) is 10.7. The number of carbonyl (C=O) groups is 1. The molecule has 0 aromatic heterocycles. The Morgan fingerprint density at radius 2 is 2.33 bits per heavy atom. The summed E-state index contributed by atoms with van der Waals surface area (Å²) in [6.07, 6.45) is -1.09. The van der Waals surface area contributed by atoms with Crippen LogP contribution in [0.15, 0.2) is 0 Å². The van der Waals surface area contributed by atoms with Crippen LogP contribution < -0.4 is 5.73 Å². The van der Waals surface area contributed by atoms with E-state index in [-0.39, 0.29) is 18.2 Å². The Kier molecular flexibility index (Phi) is 2.57. The Morgan fingerprint density at radius 1 is 1.67 bits per heavy atom. The molecule has 1 heterocycles. The van der Waals surface area contributed by atoms with Crippen molar-refractivity contribution in [3.05, 3.63) is 0 Å². The number of methoxy groups -OCH3 is 1. The summed E-state index contributed by atoms with van der Waals surface area (Å²) in [6, 6.07) is -0.356. The zero-order valence-electron chi connectivity index (χ0n) is 8.92. The van der Waals surface area contributed by atoms with Crippen molar-refractivity contribution >= 4 is 6.09 Å². The molecule has 2 aliphatic rings. The molecule has 2 fully saturated rings.